The third-order valence-electron chi connectivity index (χ3n) is 1.83. The van der Waals surface area contributed by atoms with Gasteiger partial charge in [-0.25, -0.2) is 4.79 Å². The fourth-order valence-corrected chi connectivity index (χ4v) is 1.52. The zero-order chi connectivity index (χ0) is 11.3. The molecule has 0 atom stereocenters. The van der Waals surface area contributed by atoms with E-state index in [1.165, 1.54) is 7.11 Å². The van der Waals surface area contributed by atoms with Crippen molar-refractivity contribution in [1.29, 1.82) is 0 Å². The van der Waals surface area contributed by atoms with Crippen molar-refractivity contribution in [2.45, 2.75) is 0 Å². The molecule has 0 aromatic heterocycles. The van der Waals surface area contributed by atoms with Gasteiger partial charge in [0.25, 0.3) is 0 Å². The van der Waals surface area contributed by atoms with Crippen molar-refractivity contribution in [1.82, 2.24) is 5.32 Å². The predicted molar refractivity (Wildman–Crippen MR) is 63.2 cm³/mol. The molecule has 0 heterocycles. The van der Waals surface area contributed by atoms with Gasteiger partial charge in [-0.2, -0.15) is 0 Å². The van der Waals surface area contributed by atoms with E-state index in [9.17, 15) is 4.79 Å². The van der Waals surface area contributed by atoms with Crippen LogP contribution in [0.25, 0.3) is 6.08 Å². The molecular weight excluding hydrogens is 258 g/mol. The van der Waals surface area contributed by atoms with Crippen molar-refractivity contribution in [2.75, 3.05) is 14.2 Å². The molecule has 1 rings (SSSR count). The fraction of sp³-hybridized carbons (Fsp3) is 0.182. The Morgan fingerprint density at radius 2 is 2.27 bits per heavy atom. The van der Waals surface area contributed by atoms with Gasteiger partial charge in [-0.3, -0.25) is 0 Å². The largest absolute Gasteiger partial charge is 0.464 e. The summed E-state index contributed by atoms with van der Waals surface area (Å²) in [6.45, 7) is 0. The molecule has 1 aromatic rings. The summed E-state index contributed by atoms with van der Waals surface area (Å²) < 4.78 is 5.59. The van der Waals surface area contributed by atoms with Crippen molar-refractivity contribution < 1.29 is 9.53 Å². The fourth-order valence-electron chi connectivity index (χ4n) is 1.11. The molecule has 80 valence electrons. The lowest BCUT2D eigenvalue weighted by Gasteiger charge is -2.04. The normalized spacial score (nSPS) is 11.0. The lowest BCUT2D eigenvalue weighted by atomic mass is 10.2. The SMILES string of the molecule is CN/C(=C\c1cccc(Br)c1)C(=O)OC. The lowest BCUT2D eigenvalue weighted by Crippen LogP contribution is -2.17. The Bertz CT molecular complexity index is 388. The number of nitrogens with one attached hydrogen (secondary N) is 1. The van der Waals surface area contributed by atoms with Gasteiger partial charge in [0.05, 0.1) is 7.11 Å². The molecule has 3 nitrogen and oxygen atoms in total. The van der Waals surface area contributed by atoms with Crippen LogP contribution in [0.4, 0.5) is 0 Å². The van der Waals surface area contributed by atoms with Crippen molar-refractivity contribution >= 4 is 28.0 Å². The Morgan fingerprint density at radius 3 is 2.80 bits per heavy atom. The topological polar surface area (TPSA) is 38.3 Å². The average Bonchev–Trinajstić information content (AvgIpc) is 2.25. The number of benzene rings is 1. The summed E-state index contributed by atoms with van der Waals surface area (Å²) in [6, 6.07) is 7.65. The van der Waals surface area contributed by atoms with E-state index < -0.39 is 0 Å². The molecular formula is C11H12BrNO2. The molecule has 0 saturated heterocycles. The number of hydrogen-bond donors (Lipinski definition) is 1. The average molecular weight is 270 g/mol. The molecule has 0 aliphatic rings. The van der Waals surface area contributed by atoms with Crippen molar-refractivity contribution in [2.24, 2.45) is 0 Å². The zero-order valence-corrected chi connectivity index (χ0v) is 10.2. The molecule has 0 radical (unpaired) electrons. The quantitative estimate of drug-likeness (QED) is 0.675. The van der Waals surface area contributed by atoms with E-state index in [4.69, 9.17) is 0 Å². The summed E-state index contributed by atoms with van der Waals surface area (Å²) in [5.41, 5.74) is 1.36. The molecule has 4 heteroatoms. The Kier molecular flexibility index (Phi) is 4.37. The van der Waals surface area contributed by atoms with Gasteiger partial charge in [0, 0.05) is 11.5 Å². The first-order chi connectivity index (χ1) is 7.17. The first kappa shape index (κ1) is 11.8. The van der Waals surface area contributed by atoms with Gasteiger partial charge in [-0.15, -0.1) is 0 Å². The lowest BCUT2D eigenvalue weighted by molar-refractivity contribution is -0.136. The van der Waals surface area contributed by atoms with Crippen LogP contribution >= 0.6 is 15.9 Å². The number of likely N-dealkylation sites (N-methyl/N-ethyl adjacent to an activating group) is 1. The van der Waals surface area contributed by atoms with Gasteiger partial charge in [0.1, 0.15) is 5.70 Å². The molecule has 0 fully saturated rings. The molecule has 0 aliphatic heterocycles. The minimum absolute atomic E-state index is 0.377. The summed E-state index contributed by atoms with van der Waals surface area (Å²) in [5, 5.41) is 2.79. The van der Waals surface area contributed by atoms with E-state index in [1.807, 2.05) is 24.3 Å². The third-order valence-corrected chi connectivity index (χ3v) is 2.33. The number of halogens is 1. The van der Waals surface area contributed by atoms with E-state index in [0.29, 0.717) is 5.70 Å². The Labute approximate surface area is 97.3 Å². The molecule has 0 bridgehead atoms. The van der Waals surface area contributed by atoms with Crippen LogP contribution in [0.2, 0.25) is 0 Å². The number of hydrogen-bond acceptors (Lipinski definition) is 3. The van der Waals surface area contributed by atoms with Crippen LogP contribution in [0.5, 0.6) is 0 Å². The second-order valence-corrected chi connectivity index (χ2v) is 3.77. The second-order valence-electron chi connectivity index (χ2n) is 2.85. The maximum absolute atomic E-state index is 11.3. The first-order valence-electron chi connectivity index (χ1n) is 4.40. The molecule has 0 saturated carbocycles. The number of carbonyl (C=O) groups is 1. The summed E-state index contributed by atoms with van der Waals surface area (Å²) in [4.78, 5) is 11.3. The smallest absolute Gasteiger partial charge is 0.354 e. The minimum Gasteiger partial charge on any atom is -0.464 e. The highest BCUT2D eigenvalue weighted by Gasteiger charge is 2.06. The van der Waals surface area contributed by atoms with Gasteiger partial charge in [0.15, 0.2) is 0 Å². The molecule has 15 heavy (non-hydrogen) atoms. The Balaban J connectivity index is 2.98. The van der Waals surface area contributed by atoms with Crippen LogP contribution in [0.3, 0.4) is 0 Å². The summed E-state index contributed by atoms with van der Waals surface area (Å²) >= 11 is 3.36. The van der Waals surface area contributed by atoms with E-state index in [-0.39, 0.29) is 5.97 Å². The molecule has 1 aromatic carbocycles. The first-order valence-corrected chi connectivity index (χ1v) is 5.20. The van der Waals surface area contributed by atoms with Gasteiger partial charge in [0.2, 0.25) is 0 Å². The molecule has 1 N–H and O–H groups in total. The number of esters is 1. The van der Waals surface area contributed by atoms with Crippen molar-refractivity contribution in [3.8, 4) is 0 Å². The highest BCUT2D eigenvalue weighted by molar-refractivity contribution is 9.10. The second kappa shape index (κ2) is 5.56. The summed E-state index contributed by atoms with van der Waals surface area (Å²) in [7, 11) is 3.04. The standard InChI is InChI=1S/C11H12BrNO2/c1-13-10(11(14)15-2)7-8-4-3-5-9(12)6-8/h3-7,13H,1-2H3/b10-7-. The van der Waals surface area contributed by atoms with E-state index in [1.54, 1.807) is 13.1 Å². The predicted octanol–water partition coefficient (Wildman–Crippen LogP) is 2.18. The highest BCUT2D eigenvalue weighted by Crippen LogP contribution is 2.14. The van der Waals surface area contributed by atoms with Crippen LogP contribution in [-0.2, 0) is 9.53 Å². The van der Waals surface area contributed by atoms with Gasteiger partial charge in [-0.05, 0) is 23.8 Å². The number of ether oxygens (including phenoxy) is 1. The summed E-state index contributed by atoms with van der Waals surface area (Å²) in [6.07, 6.45) is 1.73. The van der Waals surface area contributed by atoms with Crippen LogP contribution in [0, 0.1) is 0 Å². The monoisotopic (exact) mass is 269 g/mol. The van der Waals surface area contributed by atoms with Crippen LogP contribution in [0.1, 0.15) is 5.56 Å². The Morgan fingerprint density at radius 1 is 1.53 bits per heavy atom. The molecule has 0 amide bonds. The van der Waals surface area contributed by atoms with E-state index in [0.717, 1.165) is 10.0 Å². The van der Waals surface area contributed by atoms with Crippen LogP contribution in [0.15, 0.2) is 34.4 Å². The zero-order valence-electron chi connectivity index (χ0n) is 8.58. The van der Waals surface area contributed by atoms with Crippen molar-refractivity contribution in [3.05, 3.63) is 40.0 Å². The molecule has 0 spiro atoms. The third kappa shape index (κ3) is 3.40. The van der Waals surface area contributed by atoms with Crippen LogP contribution < -0.4 is 5.32 Å². The van der Waals surface area contributed by atoms with E-state index >= 15 is 0 Å². The van der Waals surface area contributed by atoms with Gasteiger partial charge < -0.3 is 10.1 Å². The maximum atomic E-state index is 11.3. The Hall–Kier alpha value is -1.29. The maximum Gasteiger partial charge on any atom is 0.354 e. The molecule has 0 unspecified atom stereocenters. The van der Waals surface area contributed by atoms with Crippen molar-refractivity contribution in [3.63, 3.8) is 0 Å². The van der Waals surface area contributed by atoms with E-state index in [2.05, 4.69) is 26.0 Å². The van der Waals surface area contributed by atoms with Gasteiger partial charge in [-0.1, -0.05) is 28.1 Å². The number of carbonyl (C=O) groups excluding carboxylic acids is 1. The summed E-state index contributed by atoms with van der Waals surface area (Å²) in [5.74, 6) is -0.377. The minimum atomic E-state index is -0.377. The number of rotatable bonds is 3. The highest BCUT2D eigenvalue weighted by atomic mass is 79.9. The molecule has 0 aliphatic carbocycles. The van der Waals surface area contributed by atoms with Crippen LogP contribution in [-0.4, -0.2) is 20.1 Å². The van der Waals surface area contributed by atoms with Gasteiger partial charge >= 0.3 is 5.97 Å². The number of methoxy groups -OCH3 is 1.